The molecule has 0 aliphatic carbocycles. The zero-order chi connectivity index (χ0) is 19.2. The molecule has 1 aromatic heterocycles. The van der Waals surface area contributed by atoms with Crippen molar-refractivity contribution in [2.45, 2.75) is 33.1 Å². The van der Waals surface area contributed by atoms with Crippen LogP contribution in [0.25, 0.3) is 0 Å². The lowest BCUT2D eigenvalue weighted by atomic mass is 9.90. The van der Waals surface area contributed by atoms with Crippen LogP contribution < -0.4 is 9.80 Å². The molecule has 0 radical (unpaired) electrons. The van der Waals surface area contributed by atoms with Crippen LogP contribution in [0.2, 0.25) is 0 Å². The van der Waals surface area contributed by atoms with Gasteiger partial charge in [0.05, 0.1) is 4.92 Å². The van der Waals surface area contributed by atoms with Gasteiger partial charge < -0.3 is 9.80 Å². The van der Waals surface area contributed by atoms with Crippen molar-refractivity contribution in [2.24, 2.45) is 5.92 Å². The lowest BCUT2D eigenvalue weighted by Crippen LogP contribution is -2.36. The molecule has 3 rings (SSSR count). The van der Waals surface area contributed by atoms with E-state index >= 15 is 0 Å². The van der Waals surface area contributed by atoms with Crippen LogP contribution in [0.1, 0.15) is 32.3 Å². The van der Waals surface area contributed by atoms with E-state index in [0.29, 0.717) is 30.6 Å². The van der Waals surface area contributed by atoms with E-state index in [9.17, 15) is 10.1 Å². The first kappa shape index (κ1) is 19.1. The standard InChI is InChI=1S/C20H27N5O2/c1-3-23(4-2)19-18(25(26)27)20(22-15-21-19)24-12-10-17(11-13-24)14-16-8-6-5-7-9-16/h5-9,15,17H,3-4,10-14H2,1-2H3. The van der Waals surface area contributed by atoms with Gasteiger partial charge in [-0.05, 0) is 44.6 Å². The maximum absolute atomic E-state index is 11.8. The summed E-state index contributed by atoms with van der Waals surface area (Å²) in [6, 6.07) is 10.5. The third kappa shape index (κ3) is 4.35. The summed E-state index contributed by atoms with van der Waals surface area (Å²) in [5.41, 5.74) is 1.38. The van der Waals surface area contributed by atoms with Crippen LogP contribution in [0.4, 0.5) is 17.3 Å². The molecular weight excluding hydrogens is 342 g/mol. The maximum Gasteiger partial charge on any atom is 0.353 e. The van der Waals surface area contributed by atoms with Crippen molar-refractivity contribution in [2.75, 3.05) is 36.0 Å². The second-order valence-electron chi connectivity index (χ2n) is 6.92. The summed E-state index contributed by atoms with van der Waals surface area (Å²) in [7, 11) is 0. The number of piperidine rings is 1. The Morgan fingerprint density at radius 3 is 2.41 bits per heavy atom. The molecule has 2 aromatic rings. The molecule has 0 N–H and O–H groups in total. The predicted molar refractivity (Wildman–Crippen MR) is 107 cm³/mol. The highest BCUT2D eigenvalue weighted by Gasteiger charge is 2.31. The molecule has 1 saturated heterocycles. The first-order valence-corrected chi connectivity index (χ1v) is 9.67. The molecule has 7 nitrogen and oxygen atoms in total. The van der Waals surface area contributed by atoms with Crippen LogP contribution in [-0.4, -0.2) is 41.1 Å². The number of benzene rings is 1. The van der Waals surface area contributed by atoms with Crippen LogP contribution in [0.15, 0.2) is 36.7 Å². The number of hydrogen-bond acceptors (Lipinski definition) is 6. The fourth-order valence-electron chi connectivity index (χ4n) is 3.81. The average molecular weight is 369 g/mol. The van der Waals surface area contributed by atoms with Crippen molar-refractivity contribution >= 4 is 17.3 Å². The first-order valence-electron chi connectivity index (χ1n) is 9.67. The molecule has 1 aliphatic rings. The molecule has 2 heterocycles. The quantitative estimate of drug-likeness (QED) is 0.547. The van der Waals surface area contributed by atoms with Gasteiger partial charge in [-0.25, -0.2) is 9.97 Å². The van der Waals surface area contributed by atoms with Gasteiger partial charge in [-0.15, -0.1) is 0 Å². The van der Waals surface area contributed by atoms with E-state index in [1.807, 2.05) is 29.7 Å². The normalized spacial score (nSPS) is 15.0. The molecule has 1 aromatic carbocycles. The van der Waals surface area contributed by atoms with E-state index in [0.717, 1.165) is 32.4 Å². The molecule has 27 heavy (non-hydrogen) atoms. The van der Waals surface area contributed by atoms with Crippen LogP contribution in [0, 0.1) is 16.0 Å². The first-order chi connectivity index (χ1) is 13.1. The number of nitrogens with zero attached hydrogens (tertiary/aromatic N) is 5. The van der Waals surface area contributed by atoms with Gasteiger partial charge in [0.15, 0.2) is 0 Å². The van der Waals surface area contributed by atoms with E-state index in [1.54, 1.807) is 0 Å². The Morgan fingerprint density at radius 1 is 1.15 bits per heavy atom. The van der Waals surface area contributed by atoms with E-state index in [-0.39, 0.29) is 10.6 Å². The van der Waals surface area contributed by atoms with Gasteiger partial charge in [0.1, 0.15) is 6.33 Å². The number of hydrogen-bond donors (Lipinski definition) is 0. The highest BCUT2D eigenvalue weighted by atomic mass is 16.6. The fourth-order valence-corrected chi connectivity index (χ4v) is 3.81. The average Bonchev–Trinajstić information content (AvgIpc) is 2.70. The minimum atomic E-state index is -0.334. The van der Waals surface area contributed by atoms with Crippen molar-refractivity contribution in [3.8, 4) is 0 Å². The maximum atomic E-state index is 11.8. The Morgan fingerprint density at radius 2 is 1.81 bits per heavy atom. The van der Waals surface area contributed by atoms with Crippen LogP contribution in [0.5, 0.6) is 0 Å². The molecule has 0 unspecified atom stereocenters. The van der Waals surface area contributed by atoms with E-state index in [1.165, 1.54) is 11.9 Å². The molecule has 0 amide bonds. The summed E-state index contributed by atoms with van der Waals surface area (Å²) >= 11 is 0. The molecule has 0 atom stereocenters. The third-order valence-electron chi connectivity index (χ3n) is 5.31. The Bertz CT molecular complexity index is 756. The Hall–Kier alpha value is -2.70. The molecule has 1 aliphatic heterocycles. The van der Waals surface area contributed by atoms with E-state index in [4.69, 9.17) is 0 Å². The summed E-state index contributed by atoms with van der Waals surface area (Å²) in [6.45, 7) is 6.87. The molecule has 0 spiro atoms. The monoisotopic (exact) mass is 369 g/mol. The second-order valence-corrected chi connectivity index (χ2v) is 6.92. The SMILES string of the molecule is CCN(CC)c1ncnc(N2CCC(Cc3ccccc3)CC2)c1[N+](=O)[O-]. The molecule has 7 heteroatoms. The van der Waals surface area contributed by atoms with Crippen molar-refractivity contribution < 1.29 is 4.92 Å². The minimum Gasteiger partial charge on any atom is -0.351 e. The Kier molecular flexibility index (Phi) is 6.21. The molecule has 0 saturated carbocycles. The minimum absolute atomic E-state index is 0.0303. The van der Waals surface area contributed by atoms with Crippen molar-refractivity contribution in [3.05, 3.63) is 52.3 Å². The van der Waals surface area contributed by atoms with E-state index in [2.05, 4.69) is 34.2 Å². The largest absolute Gasteiger partial charge is 0.353 e. The molecule has 0 bridgehead atoms. The highest BCUT2D eigenvalue weighted by Crippen LogP contribution is 2.36. The molecule has 1 fully saturated rings. The topological polar surface area (TPSA) is 75.4 Å². The molecule has 144 valence electrons. The smallest absolute Gasteiger partial charge is 0.351 e. The Labute approximate surface area is 160 Å². The van der Waals surface area contributed by atoms with Gasteiger partial charge >= 0.3 is 5.69 Å². The van der Waals surface area contributed by atoms with Crippen LogP contribution in [0.3, 0.4) is 0 Å². The van der Waals surface area contributed by atoms with E-state index < -0.39 is 0 Å². The van der Waals surface area contributed by atoms with Gasteiger partial charge in [-0.2, -0.15) is 0 Å². The third-order valence-corrected chi connectivity index (χ3v) is 5.31. The summed E-state index contributed by atoms with van der Waals surface area (Å²) < 4.78 is 0. The number of aromatic nitrogens is 2. The Balaban J connectivity index is 1.75. The van der Waals surface area contributed by atoms with Crippen molar-refractivity contribution in [1.82, 2.24) is 9.97 Å². The number of rotatable bonds is 7. The lowest BCUT2D eigenvalue weighted by molar-refractivity contribution is -0.383. The van der Waals surface area contributed by atoms with Gasteiger partial charge in [0.2, 0.25) is 11.6 Å². The van der Waals surface area contributed by atoms with Gasteiger partial charge in [-0.3, -0.25) is 10.1 Å². The van der Waals surface area contributed by atoms with Gasteiger partial charge in [-0.1, -0.05) is 30.3 Å². The highest BCUT2D eigenvalue weighted by molar-refractivity contribution is 5.71. The van der Waals surface area contributed by atoms with Crippen LogP contribution >= 0.6 is 0 Å². The predicted octanol–water partition coefficient (Wildman–Crippen LogP) is 3.69. The zero-order valence-corrected chi connectivity index (χ0v) is 16.0. The van der Waals surface area contributed by atoms with Crippen molar-refractivity contribution in [3.63, 3.8) is 0 Å². The number of anilines is 2. The van der Waals surface area contributed by atoms with Crippen LogP contribution in [-0.2, 0) is 6.42 Å². The molecular formula is C20H27N5O2. The summed E-state index contributed by atoms with van der Waals surface area (Å²) in [4.78, 5) is 23.9. The van der Waals surface area contributed by atoms with Crippen molar-refractivity contribution in [1.29, 1.82) is 0 Å². The number of nitro groups is 1. The van der Waals surface area contributed by atoms with Gasteiger partial charge in [0.25, 0.3) is 0 Å². The summed E-state index contributed by atoms with van der Waals surface area (Å²) in [6.07, 6.45) is 4.53. The fraction of sp³-hybridized carbons (Fsp3) is 0.500. The zero-order valence-electron chi connectivity index (χ0n) is 16.0. The second kappa shape index (κ2) is 8.79. The lowest BCUT2D eigenvalue weighted by Gasteiger charge is -2.33. The summed E-state index contributed by atoms with van der Waals surface area (Å²) in [5.74, 6) is 1.48. The summed E-state index contributed by atoms with van der Waals surface area (Å²) in [5, 5.41) is 11.8. The van der Waals surface area contributed by atoms with Gasteiger partial charge in [0, 0.05) is 26.2 Å².